The Balaban J connectivity index is 0.000000338. The quantitative estimate of drug-likeness (QED) is 0.502. The van der Waals surface area contributed by atoms with Crippen molar-refractivity contribution in [3.05, 3.63) is 53.6 Å². The highest BCUT2D eigenvalue weighted by Crippen LogP contribution is 2.38. The summed E-state index contributed by atoms with van der Waals surface area (Å²) in [6, 6.07) is 12.0. The zero-order chi connectivity index (χ0) is 17.2. The predicted molar refractivity (Wildman–Crippen MR) is 88.9 cm³/mol. The molecule has 0 amide bonds. The molecule has 2 nitrogen and oxygen atoms in total. The van der Waals surface area contributed by atoms with Crippen LogP contribution in [0.4, 0.5) is 23.0 Å². The maximum Gasteiger partial charge on any atom is 0.673 e. The Labute approximate surface area is 132 Å². The maximum absolute atomic E-state index is 9.75. The molecule has 0 bridgehead atoms. The molecule has 0 radical (unpaired) electrons. The van der Waals surface area contributed by atoms with Gasteiger partial charge < -0.3 is 22.2 Å². The van der Waals surface area contributed by atoms with Gasteiger partial charge in [-0.2, -0.15) is 0 Å². The Morgan fingerprint density at radius 1 is 1.04 bits per heavy atom. The van der Waals surface area contributed by atoms with Gasteiger partial charge >= 0.3 is 7.25 Å². The van der Waals surface area contributed by atoms with Gasteiger partial charge in [0.1, 0.15) is 17.3 Å². The van der Waals surface area contributed by atoms with Crippen molar-refractivity contribution in [3.8, 4) is 0 Å². The maximum atomic E-state index is 9.75. The third kappa shape index (κ3) is 3.98. The van der Waals surface area contributed by atoms with Crippen LogP contribution in [0.2, 0.25) is 0 Å². The Kier molecular flexibility index (Phi) is 4.89. The van der Waals surface area contributed by atoms with Crippen LogP contribution >= 0.6 is 0 Å². The predicted octanol–water partition coefficient (Wildman–Crippen LogP) is 4.33. The van der Waals surface area contributed by atoms with Crippen molar-refractivity contribution in [1.29, 1.82) is 0 Å². The van der Waals surface area contributed by atoms with Crippen molar-refractivity contribution in [2.24, 2.45) is 0 Å². The third-order valence-corrected chi connectivity index (χ3v) is 3.51. The standard InChI is InChI=1S/C16H17N2.BF4/c1-17-13-9-7-11-5-4-6-12-8-10-14(18(2)3)16(13)15(11)12;2-1(3,4)5/h4-10,17H,1-3H3;/q+1;-1. The van der Waals surface area contributed by atoms with E-state index >= 15 is 0 Å². The molecule has 0 saturated carbocycles. The third-order valence-electron chi connectivity index (χ3n) is 3.51. The molecule has 0 heterocycles. The highest BCUT2D eigenvalue weighted by molar-refractivity contribution is 6.50. The van der Waals surface area contributed by atoms with Crippen molar-refractivity contribution < 1.29 is 17.3 Å². The molecule has 1 aliphatic rings. The van der Waals surface area contributed by atoms with E-state index in [2.05, 4.69) is 66.8 Å². The largest absolute Gasteiger partial charge is 0.673 e. The van der Waals surface area contributed by atoms with Crippen LogP contribution in [-0.4, -0.2) is 28.4 Å². The average molecular weight is 324 g/mol. The normalized spacial score (nSPS) is 12.9. The van der Waals surface area contributed by atoms with Crippen molar-refractivity contribution in [1.82, 2.24) is 5.32 Å². The van der Waals surface area contributed by atoms with Crippen LogP contribution in [0, 0.1) is 6.04 Å². The van der Waals surface area contributed by atoms with Crippen LogP contribution in [0.3, 0.4) is 0 Å². The van der Waals surface area contributed by atoms with Crippen LogP contribution in [0.25, 0.3) is 16.8 Å². The summed E-state index contributed by atoms with van der Waals surface area (Å²) in [7, 11) is 0.156. The lowest BCUT2D eigenvalue weighted by atomic mass is 9.88. The van der Waals surface area contributed by atoms with Crippen molar-refractivity contribution in [3.63, 3.8) is 0 Å². The van der Waals surface area contributed by atoms with Crippen LogP contribution < -0.4 is 10.2 Å². The van der Waals surface area contributed by atoms with Crippen LogP contribution in [0.5, 0.6) is 0 Å². The van der Waals surface area contributed by atoms with E-state index in [0.717, 1.165) is 0 Å². The number of nitrogens with one attached hydrogen (secondary N) is 1. The van der Waals surface area contributed by atoms with Gasteiger partial charge in [-0.1, -0.05) is 6.07 Å². The lowest BCUT2D eigenvalue weighted by Crippen LogP contribution is -2.21. The number of anilines is 1. The van der Waals surface area contributed by atoms with E-state index in [-0.39, 0.29) is 0 Å². The summed E-state index contributed by atoms with van der Waals surface area (Å²) >= 11 is 0. The molecule has 0 fully saturated rings. The molecule has 23 heavy (non-hydrogen) atoms. The molecular weight excluding hydrogens is 307 g/mol. The Hall–Kier alpha value is -2.15. The minimum atomic E-state index is -6.00. The molecule has 3 rings (SSSR count). The fourth-order valence-corrected chi connectivity index (χ4v) is 2.65. The number of hydrogen-bond donors (Lipinski definition) is 1. The van der Waals surface area contributed by atoms with Crippen molar-refractivity contribution in [2.75, 3.05) is 26.0 Å². The Morgan fingerprint density at radius 2 is 1.70 bits per heavy atom. The van der Waals surface area contributed by atoms with Gasteiger partial charge in [0, 0.05) is 37.7 Å². The van der Waals surface area contributed by atoms with Crippen molar-refractivity contribution >= 4 is 29.8 Å². The van der Waals surface area contributed by atoms with Crippen LogP contribution in [-0.2, 0) is 0 Å². The van der Waals surface area contributed by atoms with Gasteiger partial charge in [0.25, 0.3) is 0 Å². The minimum absolute atomic E-state index is 1.18. The second-order valence-corrected chi connectivity index (χ2v) is 5.29. The molecule has 122 valence electrons. The first-order valence-electron chi connectivity index (χ1n) is 7.06. The van der Waals surface area contributed by atoms with E-state index in [0.29, 0.717) is 0 Å². The first-order chi connectivity index (χ1) is 10.7. The average Bonchev–Trinajstić information content (AvgIpc) is 2.46. The molecule has 1 N–H and O–H groups in total. The topological polar surface area (TPSA) is 15.3 Å². The zero-order valence-electron chi connectivity index (χ0n) is 13.1. The second kappa shape index (κ2) is 6.54. The first kappa shape index (κ1) is 17.2. The van der Waals surface area contributed by atoms with Gasteiger partial charge in [-0.3, -0.25) is 5.32 Å². The number of benzene rings is 2. The Bertz CT molecular complexity index is 720. The molecule has 0 atom stereocenters. The van der Waals surface area contributed by atoms with E-state index in [9.17, 15) is 17.3 Å². The number of halogens is 4. The van der Waals surface area contributed by atoms with Gasteiger partial charge in [-0.15, -0.1) is 0 Å². The first-order valence-corrected chi connectivity index (χ1v) is 7.06. The lowest BCUT2D eigenvalue weighted by molar-refractivity contribution is 0.368. The summed E-state index contributed by atoms with van der Waals surface area (Å²) in [5.74, 6) is 0. The smallest absolute Gasteiger partial charge is 0.418 e. The van der Waals surface area contributed by atoms with Crippen LogP contribution in [0.15, 0.2) is 36.4 Å². The molecule has 1 aliphatic carbocycles. The summed E-state index contributed by atoms with van der Waals surface area (Å²) in [4.78, 5) is 2.17. The number of rotatable bonds is 2. The van der Waals surface area contributed by atoms with E-state index < -0.39 is 7.25 Å². The molecule has 0 unspecified atom stereocenters. The highest BCUT2D eigenvalue weighted by atomic mass is 19.5. The van der Waals surface area contributed by atoms with E-state index in [1.165, 1.54) is 33.6 Å². The monoisotopic (exact) mass is 324 g/mol. The summed E-state index contributed by atoms with van der Waals surface area (Å²) in [5, 5.41) is 5.94. The molecule has 7 heteroatoms. The number of likely N-dealkylation sites (N-methyl/N-ethyl adjacent to an activating group) is 1. The fourth-order valence-electron chi connectivity index (χ4n) is 2.65. The minimum Gasteiger partial charge on any atom is -0.418 e. The number of hydrogen-bond acceptors (Lipinski definition) is 2. The van der Waals surface area contributed by atoms with E-state index in [4.69, 9.17) is 0 Å². The van der Waals surface area contributed by atoms with Gasteiger partial charge in [-0.05, 0) is 25.2 Å². The summed E-state index contributed by atoms with van der Waals surface area (Å²) in [6.07, 6.45) is 4.34. The molecular formula is C16H17BF4N2. The molecule has 2 aromatic rings. The second-order valence-electron chi connectivity index (χ2n) is 5.29. The van der Waals surface area contributed by atoms with E-state index in [1.54, 1.807) is 0 Å². The number of nitrogens with zero attached hydrogens (tertiary/aromatic N) is 1. The lowest BCUT2D eigenvalue weighted by Gasteiger charge is -2.20. The van der Waals surface area contributed by atoms with Gasteiger partial charge in [0.05, 0.1) is 10.9 Å². The van der Waals surface area contributed by atoms with Gasteiger partial charge in [0.15, 0.2) is 0 Å². The van der Waals surface area contributed by atoms with Crippen molar-refractivity contribution in [2.45, 2.75) is 0 Å². The highest BCUT2D eigenvalue weighted by Gasteiger charge is 2.28. The summed E-state index contributed by atoms with van der Waals surface area (Å²) in [6.45, 7) is 0. The molecule has 0 aliphatic heterocycles. The molecule has 0 aromatic heterocycles. The molecule has 2 aromatic carbocycles. The fraction of sp³-hybridized carbons (Fsp3) is 0.188. The Morgan fingerprint density at radius 3 is 2.26 bits per heavy atom. The van der Waals surface area contributed by atoms with Crippen LogP contribution in [0.1, 0.15) is 11.1 Å². The van der Waals surface area contributed by atoms with Gasteiger partial charge in [0.2, 0.25) is 0 Å². The SMILES string of the molecule is CN[C+]1C=Cc2cccc3ccc(N(C)C)c1c23.F[B-](F)(F)F. The molecule has 0 spiro atoms. The summed E-state index contributed by atoms with van der Waals surface area (Å²) in [5.41, 5.74) is 3.85. The zero-order valence-corrected chi connectivity index (χ0v) is 13.1. The van der Waals surface area contributed by atoms with Gasteiger partial charge in [-0.25, -0.2) is 0 Å². The van der Waals surface area contributed by atoms with E-state index in [1.807, 2.05) is 7.05 Å². The molecule has 0 saturated heterocycles. The summed E-state index contributed by atoms with van der Waals surface area (Å²) < 4.78 is 39.0.